The van der Waals surface area contributed by atoms with Gasteiger partial charge in [-0.05, 0) is 75.5 Å². The van der Waals surface area contributed by atoms with Crippen LogP contribution in [-0.4, -0.2) is 16.5 Å². The van der Waals surface area contributed by atoms with Crippen LogP contribution in [0.25, 0.3) is 0 Å². The minimum Gasteiger partial charge on any atom is -0.390 e. The van der Waals surface area contributed by atoms with Gasteiger partial charge in [0.15, 0.2) is 0 Å². The molecule has 4 rings (SSSR count). The van der Waals surface area contributed by atoms with Crippen LogP contribution in [0.1, 0.15) is 65.2 Å². The van der Waals surface area contributed by atoms with Crippen LogP contribution in [0.5, 0.6) is 0 Å². The SMILES string of the molecule is CC12C[C@](C)(O)C3C4CCCC=C4CCC3C1CCC2=O. The molecular weight excluding hydrogens is 260 g/mol. The Morgan fingerprint density at radius 3 is 2.81 bits per heavy atom. The van der Waals surface area contributed by atoms with Crippen LogP contribution < -0.4 is 0 Å². The highest BCUT2D eigenvalue weighted by atomic mass is 16.3. The van der Waals surface area contributed by atoms with E-state index in [9.17, 15) is 9.90 Å². The van der Waals surface area contributed by atoms with E-state index in [0.717, 1.165) is 12.8 Å². The molecule has 3 fully saturated rings. The number of hydrogen-bond donors (Lipinski definition) is 1. The summed E-state index contributed by atoms with van der Waals surface area (Å²) in [5.74, 6) is 2.48. The first-order chi connectivity index (χ1) is 9.93. The van der Waals surface area contributed by atoms with E-state index < -0.39 is 5.60 Å². The molecule has 6 atom stereocenters. The summed E-state index contributed by atoms with van der Waals surface area (Å²) in [5, 5.41) is 11.3. The van der Waals surface area contributed by atoms with Crippen molar-refractivity contribution in [3.05, 3.63) is 11.6 Å². The zero-order valence-corrected chi connectivity index (χ0v) is 13.4. The summed E-state index contributed by atoms with van der Waals surface area (Å²) in [4.78, 5) is 12.5. The van der Waals surface area contributed by atoms with E-state index in [-0.39, 0.29) is 5.41 Å². The van der Waals surface area contributed by atoms with Gasteiger partial charge >= 0.3 is 0 Å². The largest absolute Gasteiger partial charge is 0.390 e. The molecule has 0 bridgehead atoms. The Balaban J connectivity index is 1.75. The Bertz CT molecular complexity index is 504. The van der Waals surface area contributed by atoms with E-state index in [1.807, 2.05) is 6.92 Å². The maximum absolute atomic E-state index is 12.5. The Kier molecular flexibility index (Phi) is 2.96. The summed E-state index contributed by atoms with van der Waals surface area (Å²) in [7, 11) is 0. The third-order valence-electron chi connectivity index (χ3n) is 7.36. The first-order valence-corrected chi connectivity index (χ1v) is 8.88. The van der Waals surface area contributed by atoms with Crippen LogP contribution in [0, 0.1) is 29.1 Å². The average molecular weight is 288 g/mol. The van der Waals surface area contributed by atoms with Crippen molar-refractivity contribution in [2.75, 3.05) is 0 Å². The van der Waals surface area contributed by atoms with Crippen molar-refractivity contribution in [3.8, 4) is 0 Å². The molecule has 0 spiro atoms. The van der Waals surface area contributed by atoms with Gasteiger partial charge in [-0.1, -0.05) is 18.6 Å². The van der Waals surface area contributed by atoms with Gasteiger partial charge in [0.05, 0.1) is 5.60 Å². The fourth-order valence-electron chi connectivity index (χ4n) is 6.69. The molecule has 0 aliphatic heterocycles. The summed E-state index contributed by atoms with van der Waals surface area (Å²) in [5.41, 5.74) is 0.702. The number of aliphatic hydroxyl groups is 1. The number of ketones is 1. The molecule has 21 heavy (non-hydrogen) atoms. The van der Waals surface area contributed by atoms with Crippen molar-refractivity contribution in [1.82, 2.24) is 0 Å². The second-order valence-corrected chi connectivity index (χ2v) is 8.56. The second-order valence-electron chi connectivity index (χ2n) is 8.56. The van der Waals surface area contributed by atoms with E-state index in [4.69, 9.17) is 0 Å². The molecule has 0 aromatic heterocycles. The van der Waals surface area contributed by atoms with Gasteiger partial charge in [0.1, 0.15) is 5.78 Å². The molecule has 0 radical (unpaired) electrons. The van der Waals surface area contributed by atoms with Gasteiger partial charge in [0, 0.05) is 11.8 Å². The van der Waals surface area contributed by atoms with Gasteiger partial charge in [-0.25, -0.2) is 0 Å². The highest BCUT2D eigenvalue weighted by Gasteiger charge is 2.62. The standard InChI is InChI=1S/C19H28O2/c1-18-11-19(2,21)17-13-6-4-3-5-12(13)7-8-14(17)15(18)9-10-16(18)20/h5,13-15,17,21H,3-4,6-11H2,1-2H3/t13?,14?,15?,17?,18?,19-/m0/s1. The van der Waals surface area contributed by atoms with Crippen molar-refractivity contribution in [3.63, 3.8) is 0 Å². The Hall–Kier alpha value is -0.630. The van der Waals surface area contributed by atoms with Gasteiger partial charge < -0.3 is 5.11 Å². The molecule has 116 valence electrons. The van der Waals surface area contributed by atoms with Crippen molar-refractivity contribution < 1.29 is 9.90 Å². The molecule has 3 saturated carbocycles. The van der Waals surface area contributed by atoms with Crippen molar-refractivity contribution in [2.24, 2.45) is 29.1 Å². The van der Waals surface area contributed by atoms with Crippen LogP contribution in [0.3, 0.4) is 0 Å². The molecule has 0 saturated heterocycles. The third-order valence-corrected chi connectivity index (χ3v) is 7.36. The van der Waals surface area contributed by atoms with Gasteiger partial charge in [-0.2, -0.15) is 0 Å². The molecule has 4 aliphatic rings. The molecule has 0 aromatic rings. The lowest BCUT2D eigenvalue weighted by molar-refractivity contribution is -0.164. The monoisotopic (exact) mass is 288 g/mol. The molecule has 0 aromatic carbocycles. The lowest BCUT2D eigenvalue weighted by Gasteiger charge is -2.58. The molecular formula is C19H28O2. The zero-order valence-electron chi connectivity index (χ0n) is 13.4. The fourth-order valence-corrected chi connectivity index (χ4v) is 6.69. The molecule has 0 heterocycles. The molecule has 2 heteroatoms. The van der Waals surface area contributed by atoms with Gasteiger partial charge in [-0.3, -0.25) is 4.79 Å². The summed E-state index contributed by atoms with van der Waals surface area (Å²) in [6, 6.07) is 0. The summed E-state index contributed by atoms with van der Waals surface area (Å²) in [6.07, 6.45) is 11.1. The van der Waals surface area contributed by atoms with Gasteiger partial charge in [0.25, 0.3) is 0 Å². The number of allylic oxidation sites excluding steroid dienone is 2. The zero-order chi connectivity index (χ0) is 14.8. The van der Waals surface area contributed by atoms with Crippen LogP contribution in [0.4, 0.5) is 0 Å². The molecule has 1 N–H and O–H groups in total. The third kappa shape index (κ3) is 1.84. The Morgan fingerprint density at radius 2 is 2.00 bits per heavy atom. The Labute approximate surface area is 128 Å². The van der Waals surface area contributed by atoms with Crippen LogP contribution in [-0.2, 0) is 4.79 Å². The van der Waals surface area contributed by atoms with Gasteiger partial charge in [0.2, 0.25) is 0 Å². The van der Waals surface area contributed by atoms with E-state index in [0.29, 0.717) is 35.9 Å². The van der Waals surface area contributed by atoms with Crippen molar-refractivity contribution >= 4 is 5.78 Å². The molecule has 2 nitrogen and oxygen atoms in total. The number of rotatable bonds is 0. The highest BCUT2D eigenvalue weighted by Crippen LogP contribution is 2.63. The first kappa shape index (κ1) is 14.0. The second kappa shape index (κ2) is 4.44. The predicted octanol–water partition coefficient (Wildman–Crippen LogP) is 3.88. The van der Waals surface area contributed by atoms with Crippen LogP contribution in [0.15, 0.2) is 11.6 Å². The highest BCUT2D eigenvalue weighted by molar-refractivity contribution is 5.87. The Morgan fingerprint density at radius 1 is 1.19 bits per heavy atom. The minimum atomic E-state index is -0.669. The van der Waals surface area contributed by atoms with E-state index in [1.165, 1.54) is 32.1 Å². The number of carbonyl (C=O) groups excluding carboxylic acids is 1. The maximum Gasteiger partial charge on any atom is 0.139 e. The molecule has 5 unspecified atom stereocenters. The van der Waals surface area contributed by atoms with E-state index in [2.05, 4.69) is 13.0 Å². The number of carbonyl (C=O) groups is 1. The average Bonchev–Trinajstić information content (AvgIpc) is 2.73. The lowest BCUT2D eigenvalue weighted by atomic mass is 9.48. The number of hydrogen-bond acceptors (Lipinski definition) is 2. The smallest absolute Gasteiger partial charge is 0.139 e. The van der Waals surface area contributed by atoms with Gasteiger partial charge in [-0.15, -0.1) is 0 Å². The quantitative estimate of drug-likeness (QED) is 0.687. The number of Topliss-reactive ketones (excluding diaryl/α,β-unsaturated/α-hetero) is 1. The number of fused-ring (bicyclic) bond motifs is 5. The van der Waals surface area contributed by atoms with Crippen LogP contribution >= 0.6 is 0 Å². The molecule has 4 aliphatic carbocycles. The topological polar surface area (TPSA) is 37.3 Å². The summed E-state index contributed by atoms with van der Waals surface area (Å²) >= 11 is 0. The maximum atomic E-state index is 12.5. The van der Waals surface area contributed by atoms with Crippen molar-refractivity contribution in [2.45, 2.75) is 70.8 Å². The van der Waals surface area contributed by atoms with Crippen LogP contribution in [0.2, 0.25) is 0 Å². The minimum absolute atomic E-state index is 0.249. The summed E-state index contributed by atoms with van der Waals surface area (Å²) in [6.45, 7) is 4.17. The summed E-state index contributed by atoms with van der Waals surface area (Å²) < 4.78 is 0. The lowest BCUT2D eigenvalue weighted by Crippen LogP contribution is -2.58. The predicted molar refractivity (Wildman–Crippen MR) is 82.7 cm³/mol. The normalized spacial score (nSPS) is 52.7. The molecule has 0 amide bonds. The fraction of sp³-hybridized carbons (Fsp3) is 0.842. The van der Waals surface area contributed by atoms with Crippen molar-refractivity contribution in [1.29, 1.82) is 0 Å². The van der Waals surface area contributed by atoms with E-state index >= 15 is 0 Å². The van der Waals surface area contributed by atoms with E-state index in [1.54, 1.807) is 5.57 Å². The first-order valence-electron chi connectivity index (χ1n) is 8.88.